The number of benzene rings is 2. The molecule has 1 fully saturated rings. The molecule has 3 rings (SSSR count). The highest BCUT2D eigenvalue weighted by molar-refractivity contribution is 7.89. The highest BCUT2D eigenvalue weighted by atomic mass is 32.2. The third-order valence-corrected chi connectivity index (χ3v) is 7.22. The average molecular weight is 488 g/mol. The molecule has 1 saturated carbocycles. The third kappa shape index (κ3) is 7.56. The second-order valence-electron chi connectivity index (χ2n) is 8.38. The number of nitrogens with one attached hydrogen (secondary N) is 3. The Hall–Kier alpha value is -2.91. The lowest BCUT2D eigenvalue weighted by Crippen LogP contribution is -2.34. The molecule has 2 aromatic carbocycles. The van der Waals surface area contributed by atoms with Gasteiger partial charge in [-0.05, 0) is 67.8 Å². The van der Waals surface area contributed by atoms with Gasteiger partial charge in [-0.3, -0.25) is 9.59 Å². The molecule has 0 unspecified atom stereocenters. The van der Waals surface area contributed by atoms with Crippen molar-refractivity contribution in [3.05, 3.63) is 54.1 Å². The van der Waals surface area contributed by atoms with E-state index in [-0.39, 0.29) is 35.7 Å². The van der Waals surface area contributed by atoms with Gasteiger partial charge in [0.15, 0.2) is 0 Å². The number of rotatable bonds is 12. The Bertz CT molecular complexity index is 1050. The quantitative estimate of drug-likeness (QED) is 0.395. The summed E-state index contributed by atoms with van der Waals surface area (Å²) in [5.41, 5.74) is 1.09. The Morgan fingerprint density at radius 2 is 1.65 bits per heavy atom. The molecule has 0 spiro atoms. The Morgan fingerprint density at radius 1 is 0.971 bits per heavy atom. The van der Waals surface area contributed by atoms with E-state index in [4.69, 9.17) is 4.74 Å². The van der Waals surface area contributed by atoms with Crippen molar-refractivity contribution in [3.63, 3.8) is 0 Å². The van der Waals surface area contributed by atoms with Crippen LogP contribution in [0.25, 0.3) is 0 Å². The van der Waals surface area contributed by atoms with Crippen LogP contribution in [0.3, 0.4) is 0 Å². The van der Waals surface area contributed by atoms with Gasteiger partial charge in [-0.15, -0.1) is 0 Å². The van der Waals surface area contributed by atoms with Crippen molar-refractivity contribution in [2.24, 2.45) is 5.92 Å². The maximum absolute atomic E-state index is 12.4. The topological polar surface area (TPSA) is 114 Å². The Morgan fingerprint density at radius 3 is 2.29 bits per heavy atom. The molecule has 2 amide bonds. The first kappa shape index (κ1) is 25.7. The van der Waals surface area contributed by atoms with Gasteiger partial charge in [-0.2, -0.15) is 0 Å². The van der Waals surface area contributed by atoms with Crippen LogP contribution in [0.4, 0.5) is 5.69 Å². The number of anilines is 1. The van der Waals surface area contributed by atoms with Crippen molar-refractivity contribution in [2.45, 2.75) is 50.3 Å². The molecule has 2 aromatic rings. The van der Waals surface area contributed by atoms with E-state index in [0.717, 1.165) is 38.5 Å². The van der Waals surface area contributed by atoms with Crippen LogP contribution in [0.5, 0.6) is 5.75 Å². The van der Waals surface area contributed by atoms with E-state index in [1.807, 2.05) is 0 Å². The predicted molar refractivity (Wildman–Crippen MR) is 131 cm³/mol. The lowest BCUT2D eigenvalue weighted by atomic mass is 10.1. The number of ether oxygens (including phenoxy) is 1. The summed E-state index contributed by atoms with van der Waals surface area (Å²) < 4.78 is 32.9. The fraction of sp³-hybridized carbons (Fsp3) is 0.440. The fourth-order valence-corrected chi connectivity index (χ4v) is 4.77. The molecule has 3 N–H and O–H groups in total. The molecule has 0 atom stereocenters. The van der Waals surface area contributed by atoms with E-state index in [1.165, 1.54) is 12.1 Å². The molecule has 0 aromatic heterocycles. The number of hydrogen-bond acceptors (Lipinski definition) is 5. The molecule has 184 valence electrons. The fourth-order valence-electron chi connectivity index (χ4n) is 3.73. The van der Waals surface area contributed by atoms with Crippen molar-refractivity contribution >= 4 is 27.5 Å². The van der Waals surface area contributed by atoms with Crippen LogP contribution in [-0.2, 0) is 14.8 Å². The second kappa shape index (κ2) is 12.5. The summed E-state index contributed by atoms with van der Waals surface area (Å²) >= 11 is 0. The second-order valence-corrected chi connectivity index (χ2v) is 10.1. The number of sulfonamides is 1. The normalized spacial score (nSPS) is 14.0. The van der Waals surface area contributed by atoms with Gasteiger partial charge < -0.3 is 15.4 Å². The molecular formula is C25H33N3O5S. The Labute approximate surface area is 201 Å². The van der Waals surface area contributed by atoms with Gasteiger partial charge in [0.1, 0.15) is 5.75 Å². The number of hydrogen-bond donors (Lipinski definition) is 3. The van der Waals surface area contributed by atoms with Gasteiger partial charge in [0.25, 0.3) is 5.91 Å². The maximum atomic E-state index is 12.4. The Balaban J connectivity index is 1.41. The van der Waals surface area contributed by atoms with E-state index < -0.39 is 10.0 Å². The third-order valence-electron chi connectivity index (χ3n) is 5.74. The first-order valence-electron chi connectivity index (χ1n) is 11.8. The monoisotopic (exact) mass is 487 g/mol. The SMILES string of the molecule is CCCCOc1ccc(S(=O)(=O)NCCNC(=O)c2ccc(NC(=O)C3CCCC3)cc2)cc1. The van der Waals surface area contributed by atoms with Crippen LogP contribution in [0, 0.1) is 5.92 Å². The van der Waals surface area contributed by atoms with Crippen LogP contribution < -0.4 is 20.1 Å². The van der Waals surface area contributed by atoms with Crippen molar-refractivity contribution in [1.29, 1.82) is 0 Å². The molecule has 0 aliphatic heterocycles. The summed E-state index contributed by atoms with van der Waals surface area (Å²) in [7, 11) is -3.69. The maximum Gasteiger partial charge on any atom is 0.251 e. The van der Waals surface area contributed by atoms with Crippen LogP contribution >= 0.6 is 0 Å². The summed E-state index contributed by atoms with van der Waals surface area (Å²) in [4.78, 5) is 24.7. The summed E-state index contributed by atoms with van der Waals surface area (Å²) in [6.07, 6.45) is 6.00. The van der Waals surface area contributed by atoms with Gasteiger partial charge in [-0.1, -0.05) is 26.2 Å². The van der Waals surface area contributed by atoms with Crippen LogP contribution in [-0.4, -0.2) is 39.9 Å². The number of carbonyl (C=O) groups excluding carboxylic acids is 2. The van der Waals surface area contributed by atoms with E-state index in [1.54, 1.807) is 36.4 Å². The average Bonchev–Trinajstić information content (AvgIpc) is 3.38. The number of amides is 2. The van der Waals surface area contributed by atoms with Crippen molar-refractivity contribution in [3.8, 4) is 5.75 Å². The molecule has 0 heterocycles. The van der Waals surface area contributed by atoms with Gasteiger partial charge in [0.05, 0.1) is 11.5 Å². The van der Waals surface area contributed by atoms with Gasteiger partial charge in [0, 0.05) is 30.3 Å². The van der Waals surface area contributed by atoms with Gasteiger partial charge in [0.2, 0.25) is 15.9 Å². The first-order valence-corrected chi connectivity index (χ1v) is 13.3. The molecule has 8 nitrogen and oxygen atoms in total. The zero-order valence-electron chi connectivity index (χ0n) is 19.5. The minimum absolute atomic E-state index is 0.0284. The van der Waals surface area contributed by atoms with Gasteiger partial charge in [-0.25, -0.2) is 13.1 Å². The van der Waals surface area contributed by atoms with E-state index in [9.17, 15) is 18.0 Å². The number of carbonyl (C=O) groups is 2. The molecular weight excluding hydrogens is 454 g/mol. The molecule has 34 heavy (non-hydrogen) atoms. The van der Waals surface area contributed by atoms with E-state index in [2.05, 4.69) is 22.3 Å². The largest absolute Gasteiger partial charge is 0.494 e. The first-order chi connectivity index (χ1) is 16.4. The molecule has 1 aliphatic rings. The molecule has 0 saturated heterocycles. The summed E-state index contributed by atoms with van der Waals surface area (Å²) in [5, 5.41) is 5.59. The zero-order valence-corrected chi connectivity index (χ0v) is 20.3. The highest BCUT2D eigenvalue weighted by Gasteiger charge is 2.22. The van der Waals surface area contributed by atoms with Crippen LogP contribution in [0.2, 0.25) is 0 Å². The van der Waals surface area contributed by atoms with E-state index >= 15 is 0 Å². The van der Waals surface area contributed by atoms with E-state index in [0.29, 0.717) is 23.6 Å². The van der Waals surface area contributed by atoms with Crippen LogP contribution in [0.15, 0.2) is 53.4 Å². The summed E-state index contributed by atoms with van der Waals surface area (Å²) in [6, 6.07) is 12.9. The predicted octanol–water partition coefficient (Wildman–Crippen LogP) is 3.70. The van der Waals surface area contributed by atoms with Gasteiger partial charge >= 0.3 is 0 Å². The van der Waals surface area contributed by atoms with Crippen molar-refractivity contribution < 1.29 is 22.7 Å². The molecule has 1 aliphatic carbocycles. The lowest BCUT2D eigenvalue weighted by molar-refractivity contribution is -0.119. The Kier molecular flexibility index (Phi) is 9.47. The summed E-state index contributed by atoms with van der Waals surface area (Å²) in [5.74, 6) is 0.412. The minimum atomic E-state index is -3.69. The molecule has 0 radical (unpaired) electrons. The van der Waals surface area contributed by atoms with Crippen LogP contribution in [0.1, 0.15) is 55.8 Å². The molecule has 9 heteroatoms. The standard InChI is InChI=1S/C25H33N3O5S/c1-2-3-18-33-22-12-14-23(15-13-22)34(31,32)27-17-16-26-24(29)20-8-10-21(11-9-20)28-25(30)19-6-4-5-7-19/h8-15,19,27H,2-7,16-18H2,1H3,(H,26,29)(H,28,30). The number of unbranched alkanes of at least 4 members (excludes halogenated alkanes) is 1. The smallest absolute Gasteiger partial charge is 0.251 e. The highest BCUT2D eigenvalue weighted by Crippen LogP contribution is 2.26. The zero-order chi connectivity index (χ0) is 24.4. The molecule has 0 bridgehead atoms. The minimum Gasteiger partial charge on any atom is -0.494 e. The van der Waals surface area contributed by atoms with Crippen molar-refractivity contribution in [2.75, 3.05) is 25.0 Å². The lowest BCUT2D eigenvalue weighted by Gasteiger charge is -2.11. The summed E-state index contributed by atoms with van der Waals surface area (Å²) in [6.45, 7) is 2.86. The van der Waals surface area contributed by atoms with Crippen molar-refractivity contribution in [1.82, 2.24) is 10.0 Å².